The molecule has 26 nitrogen and oxygen atoms in total. The van der Waals surface area contributed by atoms with Crippen LogP contribution in [0.2, 0.25) is 0 Å². The van der Waals surface area contributed by atoms with E-state index >= 15 is 0 Å². The summed E-state index contributed by atoms with van der Waals surface area (Å²) in [5.41, 5.74) is 13.4. The van der Waals surface area contributed by atoms with Gasteiger partial charge in [0.1, 0.15) is 48.3 Å². The van der Waals surface area contributed by atoms with Crippen molar-refractivity contribution in [2.24, 2.45) is 16.5 Å². The molecule has 1 aromatic heterocycles. The number of nitrogens with zero attached hydrogens (tertiary/aromatic N) is 2. The van der Waals surface area contributed by atoms with Gasteiger partial charge in [-0.3, -0.25) is 53.7 Å². The quantitative estimate of drug-likeness (QED) is 0.0307. The van der Waals surface area contributed by atoms with Crippen LogP contribution in [0.5, 0.6) is 0 Å². The number of nitrogens with one attached hydrogen (secondary N) is 12. The molecule has 3 aliphatic rings. The molecule has 3 unspecified atom stereocenters. The number of aliphatic imine (C=N–C) groups is 1. The number of H-pyrrole nitrogens is 1. The van der Waals surface area contributed by atoms with Crippen LogP contribution in [0, 0.1) is 5.41 Å². The van der Waals surface area contributed by atoms with E-state index in [1.54, 1.807) is 49.5 Å². The second-order valence-corrected chi connectivity index (χ2v) is 22.2. The first-order chi connectivity index (χ1) is 37.8. The van der Waals surface area contributed by atoms with Crippen molar-refractivity contribution in [3.63, 3.8) is 0 Å². The molecular weight excluding hydrogens is 1060 g/mol. The summed E-state index contributed by atoms with van der Waals surface area (Å²) >= 11 is 0. The van der Waals surface area contributed by atoms with Crippen molar-refractivity contribution in [2.45, 2.75) is 139 Å². The van der Waals surface area contributed by atoms with Gasteiger partial charge < -0.3 is 74.7 Å². The molecule has 3 aromatic rings. The van der Waals surface area contributed by atoms with Crippen LogP contribution in [-0.4, -0.2) is 172 Å². The van der Waals surface area contributed by atoms with E-state index in [0.29, 0.717) is 24.0 Å². The third kappa shape index (κ3) is 17.5. The number of guanidine groups is 1. The Kier molecular flexibility index (Phi) is 22.6. The van der Waals surface area contributed by atoms with Crippen LogP contribution in [0.25, 0.3) is 10.9 Å². The number of hydrogen-bond acceptors (Lipinski definition) is 15. The standard InChI is InChI=1S/C51H72N16O10S2/c1-4-5-17-40(67-49(76)28(3)60-51(67)77)48(75)66-39-25-79-78-24-38(41(52)68)65-45(72)36(20-30-22-57-33-15-10-9-14-32(30)33)64-43(70)34(16-11-18-56-50(53)54)61-44(71)35(19-29-12-7-6-8-13-29)63-46(73)37(21-31-23-55-26-58-31)62-42(69)27(2)59-47(39)74/h6-10,12-15,22,26-28,31,34-40,49,57,76H,4-5,11,16-21,23-25H2,1-3H3,(H2,52,68)(H,55,58)(H,59,74)(H,60,77)(H,61,71)(H,62,69)(H,63,73)(H,64,70)(H,65,72)(H,66,75)(H4,53,54,56)/t27-,28+,31?,34+,35-,36?,37+,38+,39+,40+,49?/m1/s1. The lowest BCUT2D eigenvalue weighted by Gasteiger charge is -2.31. The highest BCUT2D eigenvalue weighted by Gasteiger charge is 2.43. The number of fused-ring (bicyclic) bond motifs is 1. The number of benzene rings is 2. The Morgan fingerprint density at radius 3 is 2.10 bits per heavy atom. The van der Waals surface area contributed by atoms with Crippen molar-refractivity contribution in [2.75, 3.05) is 24.6 Å². The van der Waals surface area contributed by atoms with Gasteiger partial charge in [0.15, 0.2) is 12.2 Å². The first kappa shape index (κ1) is 60.6. The molecule has 2 fully saturated rings. The highest BCUT2D eigenvalue weighted by Crippen LogP contribution is 2.25. The molecule has 17 N–H and O–H groups in total. The zero-order chi connectivity index (χ0) is 57.2. The molecule has 6 rings (SSSR count). The summed E-state index contributed by atoms with van der Waals surface area (Å²) in [7, 11) is 2.03. The van der Waals surface area contributed by atoms with Gasteiger partial charge in [0.2, 0.25) is 47.3 Å². The van der Waals surface area contributed by atoms with E-state index < -0.39 is 120 Å². The number of amides is 10. The van der Waals surface area contributed by atoms with Gasteiger partial charge in [-0.25, -0.2) is 4.79 Å². The fraction of sp³-hybridized carbons (Fsp3) is 0.510. The minimum absolute atomic E-state index is 0.0293. The zero-order valence-corrected chi connectivity index (χ0v) is 45.8. The molecule has 79 heavy (non-hydrogen) atoms. The summed E-state index contributed by atoms with van der Waals surface area (Å²) in [6.45, 7) is 5.20. The highest BCUT2D eigenvalue weighted by molar-refractivity contribution is 8.76. The summed E-state index contributed by atoms with van der Waals surface area (Å²) in [5.74, 6) is -7.27. The number of carbonyl (C=O) groups is 9. The largest absolute Gasteiger partial charge is 0.372 e. The van der Waals surface area contributed by atoms with E-state index in [1.807, 2.05) is 25.1 Å². The third-order valence-corrected chi connectivity index (χ3v) is 16.0. The molecule has 10 amide bonds. The van der Waals surface area contributed by atoms with Gasteiger partial charge >= 0.3 is 6.03 Å². The SMILES string of the molecule is CCCC[C@@H](C(=O)N[C@H]1CSSC[C@@H](C(N)=O)NC(=O)C(Cc2c[nH]c3ccccc23)NC(=O)[C@H](CCCNC(=N)N)NC(=O)[C@@H](Cc2ccccc2)NC(=O)[C@H](CC2CN=CN2)NC(=O)[C@@H](C)NC1=O)N1C(=O)N[C@@H](C)C1O. The summed E-state index contributed by atoms with van der Waals surface area (Å²) in [6.07, 6.45) is 2.94. The highest BCUT2D eigenvalue weighted by atomic mass is 33.1. The monoisotopic (exact) mass is 1130 g/mol. The van der Waals surface area contributed by atoms with Crippen molar-refractivity contribution in [1.29, 1.82) is 5.41 Å². The smallest absolute Gasteiger partial charge is 0.320 e. The fourth-order valence-corrected chi connectivity index (χ4v) is 11.4. The Morgan fingerprint density at radius 2 is 1.43 bits per heavy atom. The number of rotatable bonds is 17. The summed E-state index contributed by atoms with van der Waals surface area (Å²) in [4.78, 5) is 136. The van der Waals surface area contributed by atoms with Crippen molar-refractivity contribution in [3.8, 4) is 0 Å². The molecule has 0 radical (unpaired) electrons. The second kappa shape index (κ2) is 29.4. The first-order valence-electron chi connectivity index (χ1n) is 26.2. The lowest BCUT2D eigenvalue weighted by molar-refractivity contribution is -0.136. The number of aromatic amines is 1. The average Bonchev–Trinajstić information content (AvgIpc) is 4.18. The van der Waals surface area contributed by atoms with Crippen LogP contribution in [0.1, 0.15) is 70.4 Å². The molecule has 0 aliphatic carbocycles. The average molecular weight is 1130 g/mol. The number of aliphatic hydroxyl groups is 1. The van der Waals surface area contributed by atoms with E-state index in [-0.39, 0.29) is 69.1 Å². The lowest BCUT2D eigenvalue weighted by atomic mass is 10.0. The number of hydrogen-bond donors (Lipinski definition) is 15. The number of nitrogens with two attached hydrogens (primary N) is 2. The lowest BCUT2D eigenvalue weighted by Crippen LogP contribution is -2.61. The Labute approximate surface area is 464 Å². The van der Waals surface area contributed by atoms with Crippen LogP contribution in [0.4, 0.5) is 4.79 Å². The van der Waals surface area contributed by atoms with Gasteiger partial charge in [0, 0.05) is 54.0 Å². The summed E-state index contributed by atoms with van der Waals surface area (Å²) < 4.78 is 0. The van der Waals surface area contributed by atoms with E-state index in [4.69, 9.17) is 16.9 Å². The van der Waals surface area contributed by atoms with Crippen LogP contribution in [0.15, 0.2) is 65.8 Å². The van der Waals surface area contributed by atoms with E-state index in [2.05, 4.69) is 63.1 Å². The Balaban J connectivity index is 1.37. The third-order valence-electron chi connectivity index (χ3n) is 13.5. The number of carbonyl (C=O) groups excluding carboxylic acids is 9. The number of unbranched alkanes of at least 4 members (excludes halogenated alkanes) is 1. The molecule has 28 heteroatoms. The van der Waals surface area contributed by atoms with Crippen molar-refractivity contribution >= 4 is 98.1 Å². The second-order valence-electron chi connectivity index (χ2n) is 19.6. The Morgan fingerprint density at radius 1 is 0.785 bits per heavy atom. The molecule has 2 saturated heterocycles. The van der Waals surface area contributed by atoms with E-state index in [0.717, 1.165) is 37.4 Å². The number of urea groups is 1. The van der Waals surface area contributed by atoms with Crippen LogP contribution < -0.4 is 64.6 Å². The predicted molar refractivity (Wildman–Crippen MR) is 299 cm³/mol. The van der Waals surface area contributed by atoms with Crippen molar-refractivity contribution < 1.29 is 48.3 Å². The predicted octanol–water partition coefficient (Wildman–Crippen LogP) is -1.81. The maximum atomic E-state index is 14.7. The molecule has 0 saturated carbocycles. The van der Waals surface area contributed by atoms with Gasteiger partial charge in [-0.05, 0) is 56.7 Å². The molecule has 4 heterocycles. The molecule has 11 atom stereocenters. The van der Waals surface area contributed by atoms with Crippen molar-refractivity contribution in [1.82, 2.24) is 63.1 Å². The van der Waals surface area contributed by atoms with Crippen molar-refractivity contribution in [3.05, 3.63) is 71.9 Å². The number of primary amides is 1. The summed E-state index contributed by atoms with van der Waals surface area (Å²) in [6, 6.07) is 3.43. The van der Waals surface area contributed by atoms with Gasteiger partial charge in [0.05, 0.1) is 18.9 Å². The zero-order valence-electron chi connectivity index (χ0n) is 44.2. The molecule has 428 valence electrons. The normalized spacial score (nSPS) is 26.3. The Bertz CT molecular complexity index is 2690. The molecule has 3 aliphatic heterocycles. The van der Waals surface area contributed by atoms with Crippen LogP contribution in [0.3, 0.4) is 0 Å². The van der Waals surface area contributed by atoms with Crippen LogP contribution in [-0.2, 0) is 51.2 Å². The van der Waals surface area contributed by atoms with Gasteiger partial charge in [-0.2, -0.15) is 0 Å². The topological polar surface area (TPSA) is 401 Å². The number of para-hydroxylation sites is 1. The maximum Gasteiger partial charge on any atom is 0.320 e. The molecule has 0 spiro atoms. The van der Waals surface area contributed by atoms with Gasteiger partial charge in [0.25, 0.3) is 0 Å². The minimum Gasteiger partial charge on any atom is -0.372 e. The van der Waals surface area contributed by atoms with Gasteiger partial charge in [-0.1, -0.05) is 89.9 Å². The van der Waals surface area contributed by atoms with Crippen LogP contribution >= 0.6 is 21.6 Å². The van der Waals surface area contributed by atoms with E-state index in [9.17, 15) is 48.3 Å². The minimum atomic E-state index is -1.41. The molecule has 0 bridgehead atoms. The first-order valence-corrected chi connectivity index (χ1v) is 28.7. The van der Waals surface area contributed by atoms with E-state index in [1.165, 1.54) is 13.3 Å². The molecular formula is C51H72N16O10S2. The maximum absolute atomic E-state index is 14.7. The fourth-order valence-electron chi connectivity index (χ4n) is 9.10. The summed E-state index contributed by atoms with van der Waals surface area (Å²) in [5, 5.41) is 46.7. The Hall–Kier alpha value is -7.59. The van der Waals surface area contributed by atoms with Gasteiger partial charge in [-0.15, -0.1) is 0 Å². The molecule has 2 aromatic carbocycles. The number of aromatic nitrogens is 1. The number of aliphatic hydroxyl groups excluding tert-OH is 1.